The van der Waals surface area contributed by atoms with E-state index in [9.17, 15) is 14.9 Å². The lowest BCUT2D eigenvalue weighted by molar-refractivity contribution is -0.384. The predicted molar refractivity (Wildman–Crippen MR) is 87.4 cm³/mol. The Morgan fingerprint density at radius 3 is 2.64 bits per heavy atom. The van der Waals surface area contributed by atoms with E-state index in [2.05, 4.69) is 11.2 Å². The number of carbonyl (C=O) groups excluding carboxylic acids is 1. The highest BCUT2D eigenvalue weighted by Gasteiger charge is 2.24. The normalized spacial score (nSPS) is 11.2. The average molecular weight is 321 g/mol. The van der Waals surface area contributed by atoms with Crippen LogP contribution in [0.3, 0.4) is 0 Å². The molecule has 0 bridgehead atoms. The predicted octanol–water partition coefficient (Wildman–Crippen LogP) is 3.57. The van der Waals surface area contributed by atoms with E-state index in [1.165, 1.54) is 24.3 Å². The molecule has 0 aliphatic carbocycles. The monoisotopic (exact) mass is 320 g/mol. The van der Waals surface area contributed by atoms with E-state index in [0.717, 1.165) is 0 Å². The van der Waals surface area contributed by atoms with Gasteiger partial charge in [-0.25, -0.2) is 0 Å². The van der Waals surface area contributed by atoms with Crippen LogP contribution in [-0.2, 0) is 4.79 Å². The largest absolute Gasteiger partial charge is 0.336 e. The number of hydrogen-bond donors (Lipinski definition) is 1. The van der Waals surface area contributed by atoms with Gasteiger partial charge in [-0.3, -0.25) is 14.9 Å². The van der Waals surface area contributed by atoms with E-state index < -0.39 is 10.5 Å². The van der Waals surface area contributed by atoms with E-state index in [1.807, 2.05) is 13.8 Å². The number of benzene rings is 1. The SMILES string of the molecule is C#CC(CC)(CC)NC(=O)C=Cc1ccc(Cl)c([N+](=O)[O-])c1. The summed E-state index contributed by atoms with van der Waals surface area (Å²) in [6.45, 7) is 3.80. The van der Waals surface area contributed by atoms with Gasteiger partial charge in [0.15, 0.2) is 0 Å². The number of carbonyl (C=O) groups is 1. The molecule has 0 fully saturated rings. The molecule has 0 saturated carbocycles. The summed E-state index contributed by atoms with van der Waals surface area (Å²) in [5, 5.41) is 13.6. The molecule has 0 aliphatic rings. The first-order valence-electron chi connectivity index (χ1n) is 6.79. The molecule has 1 aromatic carbocycles. The summed E-state index contributed by atoms with van der Waals surface area (Å²) in [6.07, 6.45) is 9.48. The maximum absolute atomic E-state index is 11.9. The molecular weight excluding hydrogens is 304 g/mol. The van der Waals surface area contributed by atoms with Gasteiger partial charge in [0.1, 0.15) is 10.6 Å². The first-order chi connectivity index (χ1) is 10.4. The van der Waals surface area contributed by atoms with Crippen LogP contribution in [0.5, 0.6) is 0 Å². The van der Waals surface area contributed by atoms with Gasteiger partial charge in [0.05, 0.1) is 4.92 Å². The maximum Gasteiger partial charge on any atom is 0.288 e. The fraction of sp³-hybridized carbons (Fsp3) is 0.312. The highest BCUT2D eigenvalue weighted by atomic mass is 35.5. The number of rotatable bonds is 6. The van der Waals surface area contributed by atoms with Crippen LogP contribution in [0.15, 0.2) is 24.3 Å². The zero-order valence-corrected chi connectivity index (χ0v) is 13.2. The lowest BCUT2D eigenvalue weighted by atomic mass is 9.94. The van der Waals surface area contributed by atoms with Crippen LogP contribution in [0.2, 0.25) is 5.02 Å². The molecule has 1 aromatic rings. The molecule has 116 valence electrons. The van der Waals surface area contributed by atoms with Crippen LogP contribution in [0, 0.1) is 22.5 Å². The van der Waals surface area contributed by atoms with Gasteiger partial charge in [-0.1, -0.05) is 37.4 Å². The molecule has 0 aromatic heterocycles. The molecule has 0 radical (unpaired) electrons. The molecule has 0 unspecified atom stereocenters. The average Bonchev–Trinajstić information content (AvgIpc) is 2.51. The zero-order chi connectivity index (χ0) is 16.8. The number of nitrogens with one attached hydrogen (secondary N) is 1. The highest BCUT2D eigenvalue weighted by Crippen LogP contribution is 2.25. The van der Waals surface area contributed by atoms with Gasteiger partial charge in [0.2, 0.25) is 5.91 Å². The van der Waals surface area contributed by atoms with Crippen molar-refractivity contribution in [2.24, 2.45) is 0 Å². The number of hydrogen-bond acceptors (Lipinski definition) is 3. The van der Waals surface area contributed by atoms with E-state index in [-0.39, 0.29) is 16.6 Å². The van der Waals surface area contributed by atoms with Crippen LogP contribution in [0.25, 0.3) is 6.08 Å². The summed E-state index contributed by atoms with van der Waals surface area (Å²) < 4.78 is 0. The van der Waals surface area contributed by atoms with Gasteiger partial charge < -0.3 is 5.32 Å². The second kappa shape index (κ2) is 7.62. The van der Waals surface area contributed by atoms with Crippen molar-refractivity contribution in [1.29, 1.82) is 0 Å². The minimum atomic E-state index is -0.673. The van der Waals surface area contributed by atoms with Crippen molar-refractivity contribution in [3.05, 3.63) is 45.0 Å². The van der Waals surface area contributed by atoms with E-state index >= 15 is 0 Å². The first-order valence-corrected chi connectivity index (χ1v) is 7.17. The van der Waals surface area contributed by atoms with E-state index in [1.54, 1.807) is 6.07 Å². The molecule has 0 heterocycles. The standard InChI is InChI=1S/C16H17ClN2O3/c1-4-16(5-2,6-3)18-15(20)10-8-12-7-9-13(17)14(11-12)19(21)22/h1,7-11H,5-6H2,2-3H3,(H,18,20). The topological polar surface area (TPSA) is 72.2 Å². The number of terminal acetylenes is 1. The van der Waals surface area contributed by atoms with Crippen LogP contribution in [-0.4, -0.2) is 16.4 Å². The van der Waals surface area contributed by atoms with Crippen molar-refractivity contribution in [3.8, 4) is 12.3 Å². The minimum absolute atomic E-state index is 0.0508. The Hall–Kier alpha value is -2.32. The summed E-state index contributed by atoms with van der Waals surface area (Å²) in [5.41, 5.74) is -0.372. The fourth-order valence-electron chi connectivity index (χ4n) is 1.89. The Morgan fingerprint density at radius 1 is 1.50 bits per heavy atom. The van der Waals surface area contributed by atoms with Crippen molar-refractivity contribution in [3.63, 3.8) is 0 Å². The third kappa shape index (κ3) is 4.34. The molecule has 0 spiro atoms. The summed E-state index contributed by atoms with van der Waals surface area (Å²) in [7, 11) is 0. The van der Waals surface area contributed by atoms with Gasteiger partial charge in [-0.15, -0.1) is 6.42 Å². The third-order valence-corrected chi connectivity index (χ3v) is 3.76. The first kappa shape index (κ1) is 17.7. The molecule has 22 heavy (non-hydrogen) atoms. The van der Waals surface area contributed by atoms with Crippen molar-refractivity contribution < 1.29 is 9.72 Å². The number of halogens is 1. The highest BCUT2D eigenvalue weighted by molar-refractivity contribution is 6.32. The molecule has 1 N–H and O–H groups in total. The van der Waals surface area contributed by atoms with Gasteiger partial charge in [0.25, 0.3) is 5.69 Å². The second-order valence-corrected chi connectivity index (χ2v) is 5.13. The quantitative estimate of drug-likeness (QED) is 0.377. The van der Waals surface area contributed by atoms with Crippen LogP contribution < -0.4 is 5.32 Å². The molecule has 6 heteroatoms. The van der Waals surface area contributed by atoms with Crippen LogP contribution >= 0.6 is 11.6 Å². The molecule has 5 nitrogen and oxygen atoms in total. The lowest BCUT2D eigenvalue weighted by Gasteiger charge is -2.26. The number of nitro benzene ring substituents is 1. The minimum Gasteiger partial charge on any atom is -0.336 e. The van der Waals surface area contributed by atoms with E-state index in [0.29, 0.717) is 18.4 Å². The Morgan fingerprint density at radius 2 is 2.14 bits per heavy atom. The fourth-order valence-corrected chi connectivity index (χ4v) is 2.08. The van der Waals surface area contributed by atoms with Crippen LogP contribution in [0.4, 0.5) is 5.69 Å². The smallest absolute Gasteiger partial charge is 0.288 e. The maximum atomic E-state index is 11.9. The summed E-state index contributed by atoms with van der Waals surface area (Å²) in [4.78, 5) is 22.2. The van der Waals surface area contributed by atoms with Gasteiger partial charge >= 0.3 is 0 Å². The summed E-state index contributed by atoms with van der Waals surface area (Å²) in [6, 6.07) is 4.31. The number of nitrogens with zero attached hydrogens (tertiary/aromatic N) is 1. The summed E-state index contributed by atoms with van der Waals surface area (Å²) in [5.74, 6) is 2.26. The number of amides is 1. The molecule has 0 atom stereocenters. The Bertz CT molecular complexity index is 643. The van der Waals surface area contributed by atoms with E-state index in [4.69, 9.17) is 18.0 Å². The lowest BCUT2D eigenvalue weighted by Crippen LogP contribution is -2.45. The summed E-state index contributed by atoms with van der Waals surface area (Å²) >= 11 is 5.73. The van der Waals surface area contributed by atoms with Crippen molar-refractivity contribution in [2.45, 2.75) is 32.2 Å². The Kier molecular flexibility index (Phi) is 6.14. The molecule has 1 amide bonds. The van der Waals surface area contributed by atoms with Gasteiger partial charge in [-0.2, -0.15) is 0 Å². The third-order valence-electron chi connectivity index (χ3n) is 3.44. The molecule has 1 rings (SSSR count). The van der Waals surface area contributed by atoms with Crippen LogP contribution in [0.1, 0.15) is 32.3 Å². The molecular formula is C16H17ClN2O3. The Labute approximate surface area is 134 Å². The zero-order valence-electron chi connectivity index (χ0n) is 12.4. The Balaban J connectivity index is 2.89. The van der Waals surface area contributed by atoms with Gasteiger partial charge in [-0.05, 0) is 30.5 Å². The van der Waals surface area contributed by atoms with Crippen molar-refractivity contribution >= 4 is 29.3 Å². The van der Waals surface area contributed by atoms with Crippen molar-refractivity contribution in [2.75, 3.05) is 0 Å². The molecule has 0 saturated heterocycles. The number of nitro groups is 1. The second-order valence-electron chi connectivity index (χ2n) is 4.72. The molecule has 0 aliphatic heterocycles. The van der Waals surface area contributed by atoms with Crippen molar-refractivity contribution in [1.82, 2.24) is 5.32 Å². The van der Waals surface area contributed by atoms with Gasteiger partial charge in [0, 0.05) is 12.1 Å².